The molecule has 9 heteroatoms. The lowest BCUT2D eigenvalue weighted by Gasteiger charge is -2.15. The standard InChI is InChI=1S/C17H16BrN3O4S/c1-10(12-4-2-3-5-13(12)18)20-16(22)9-26-15-7-6-11(17(19)23)8-14(15)21(24)25/h2-8,10H,9H2,1H3,(H2,19,23)(H,20,22). The van der Waals surface area contributed by atoms with E-state index in [2.05, 4.69) is 21.2 Å². The fourth-order valence-corrected chi connectivity index (χ4v) is 3.71. The number of nitro groups is 1. The number of amides is 2. The normalized spacial score (nSPS) is 11.6. The summed E-state index contributed by atoms with van der Waals surface area (Å²) in [5.41, 5.74) is 5.87. The van der Waals surface area contributed by atoms with Gasteiger partial charge in [0.2, 0.25) is 11.8 Å². The van der Waals surface area contributed by atoms with Crippen molar-refractivity contribution in [1.82, 2.24) is 5.32 Å². The highest BCUT2D eigenvalue weighted by Crippen LogP contribution is 2.30. The van der Waals surface area contributed by atoms with Crippen LogP contribution in [0.4, 0.5) is 5.69 Å². The topological polar surface area (TPSA) is 115 Å². The molecule has 136 valence electrons. The second kappa shape index (κ2) is 8.81. The highest BCUT2D eigenvalue weighted by Gasteiger charge is 2.19. The predicted molar refractivity (Wildman–Crippen MR) is 103 cm³/mol. The molecular weight excluding hydrogens is 422 g/mol. The lowest BCUT2D eigenvalue weighted by Crippen LogP contribution is -2.28. The maximum Gasteiger partial charge on any atom is 0.283 e. The second-order valence-electron chi connectivity index (χ2n) is 5.40. The van der Waals surface area contributed by atoms with Crippen LogP contribution in [0.25, 0.3) is 0 Å². The van der Waals surface area contributed by atoms with E-state index in [-0.39, 0.29) is 29.0 Å². The summed E-state index contributed by atoms with van der Waals surface area (Å²) in [6, 6.07) is 11.3. The molecule has 1 atom stereocenters. The van der Waals surface area contributed by atoms with Crippen molar-refractivity contribution in [1.29, 1.82) is 0 Å². The minimum atomic E-state index is -0.746. The molecule has 2 aromatic rings. The third-order valence-electron chi connectivity index (χ3n) is 3.55. The predicted octanol–water partition coefficient (Wildman–Crippen LogP) is 3.43. The summed E-state index contributed by atoms with van der Waals surface area (Å²) < 4.78 is 0.887. The van der Waals surface area contributed by atoms with Gasteiger partial charge >= 0.3 is 0 Å². The lowest BCUT2D eigenvalue weighted by molar-refractivity contribution is -0.387. The van der Waals surface area contributed by atoms with Gasteiger partial charge in [-0.05, 0) is 30.7 Å². The van der Waals surface area contributed by atoms with E-state index in [4.69, 9.17) is 5.73 Å². The van der Waals surface area contributed by atoms with E-state index in [1.807, 2.05) is 31.2 Å². The van der Waals surface area contributed by atoms with Crippen molar-refractivity contribution < 1.29 is 14.5 Å². The highest BCUT2D eigenvalue weighted by atomic mass is 79.9. The Kier molecular flexibility index (Phi) is 6.76. The molecule has 0 saturated heterocycles. The van der Waals surface area contributed by atoms with Crippen LogP contribution in [0.3, 0.4) is 0 Å². The Labute approximate surface area is 162 Å². The number of nitrogens with two attached hydrogens (primary N) is 1. The van der Waals surface area contributed by atoms with E-state index in [1.54, 1.807) is 0 Å². The van der Waals surface area contributed by atoms with Crippen molar-refractivity contribution in [2.75, 3.05) is 5.75 Å². The van der Waals surface area contributed by atoms with Crippen LogP contribution >= 0.6 is 27.7 Å². The molecule has 0 saturated carbocycles. The van der Waals surface area contributed by atoms with Gasteiger partial charge in [0.05, 0.1) is 21.6 Å². The molecule has 2 rings (SSSR count). The Morgan fingerprint density at radius 3 is 2.62 bits per heavy atom. The minimum Gasteiger partial charge on any atom is -0.366 e. The van der Waals surface area contributed by atoms with Crippen LogP contribution in [0, 0.1) is 10.1 Å². The highest BCUT2D eigenvalue weighted by molar-refractivity contribution is 9.10. The van der Waals surface area contributed by atoms with Crippen LogP contribution < -0.4 is 11.1 Å². The number of hydrogen-bond donors (Lipinski definition) is 2. The van der Waals surface area contributed by atoms with Crippen LogP contribution in [0.2, 0.25) is 0 Å². The summed E-state index contributed by atoms with van der Waals surface area (Å²) in [5.74, 6) is -0.998. The molecule has 2 amide bonds. The zero-order valence-electron chi connectivity index (χ0n) is 13.8. The monoisotopic (exact) mass is 437 g/mol. The number of carbonyl (C=O) groups excluding carboxylic acids is 2. The summed E-state index contributed by atoms with van der Waals surface area (Å²) in [5, 5.41) is 14.0. The van der Waals surface area contributed by atoms with Gasteiger partial charge in [-0.2, -0.15) is 0 Å². The van der Waals surface area contributed by atoms with Gasteiger partial charge in [0.1, 0.15) is 0 Å². The number of carbonyl (C=O) groups is 2. The number of nitro benzene ring substituents is 1. The Morgan fingerprint density at radius 2 is 2.00 bits per heavy atom. The Morgan fingerprint density at radius 1 is 1.31 bits per heavy atom. The molecular formula is C17H16BrN3O4S. The zero-order chi connectivity index (χ0) is 19.3. The Hall–Kier alpha value is -2.39. The molecule has 0 fully saturated rings. The number of thioether (sulfide) groups is 1. The van der Waals surface area contributed by atoms with Gasteiger partial charge in [0.25, 0.3) is 5.69 Å². The number of primary amides is 1. The quantitative estimate of drug-likeness (QED) is 0.391. The van der Waals surface area contributed by atoms with E-state index in [1.165, 1.54) is 12.1 Å². The van der Waals surface area contributed by atoms with E-state index < -0.39 is 10.8 Å². The molecule has 0 aliphatic heterocycles. The first-order valence-electron chi connectivity index (χ1n) is 7.54. The number of hydrogen-bond acceptors (Lipinski definition) is 5. The molecule has 0 aliphatic rings. The third-order valence-corrected chi connectivity index (χ3v) is 5.33. The fraction of sp³-hybridized carbons (Fsp3) is 0.176. The molecule has 3 N–H and O–H groups in total. The van der Waals surface area contributed by atoms with Gasteiger partial charge in [0.15, 0.2) is 0 Å². The van der Waals surface area contributed by atoms with Crippen LogP contribution in [0.15, 0.2) is 51.8 Å². The largest absolute Gasteiger partial charge is 0.366 e. The van der Waals surface area contributed by atoms with Gasteiger partial charge in [-0.1, -0.05) is 34.1 Å². The van der Waals surface area contributed by atoms with Gasteiger partial charge < -0.3 is 11.1 Å². The summed E-state index contributed by atoms with van der Waals surface area (Å²) in [7, 11) is 0. The van der Waals surface area contributed by atoms with Crippen molar-refractivity contribution in [3.05, 3.63) is 68.2 Å². The first-order chi connectivity index (χ1) is 12.3. The molecule has 2 aromatic carbocycles. The van der Waals surface area contributed by atoms with Crippen molar-refractivity contribution in [3.8, 4) is 0 Å². The summed E-state index contributed by atoms with van der Waals surface area (Å²) >= 11 is 4.46. The van der Waals surface area contributed by atoms with E-state index in [0.717, 1.165) is 27.9 Å². The Bertz CT molecular complexity index is 860. The molecule has 0 aliphatic carbocycles. The van der Waals surface area contributed by atoms with Crippen LogP contribution in [-0.2, 0) is 4.79 Å². The smallest absolute Gasteiger partial charge is 0.283 e. The van der Waals surface area contributed by atoms with Gasteiger partial charge in [0, 0.05) is 16.1 Å². The molecule has 0 spiro atoms. The van der Waals surface area contributed by atoms with E-state index in [0.29, 0.717) is 4.90 Å². The van der Waals surface area contributed by atoms with Crippen molar-refractivity contribution >= 4 is 45.2 Å². The molecule has 0 bridgehead atoms. The van der Waals surface area contributed by atoms with Crippen LogP contribution in [0.1, 0.15) is 28.9 Å². The number of benzene rings is 2. The molecule has 0 aromatic heterocycles. The van der Waals surface area contributed by atoms with E-state index >= 15 is 0 Å². The maximum atomic E-state index is 12.2. The van der Waals surface area contributed by atoms with Gasteiger partial charge in [-0.15, -0.1) is 11.8 Å². The molecule has 0 heterocycles. The average Bonchev–Trinajstić information content (AvgIpc) is 2.59. The molecule has 1 unspecified atom stereocenters. The number of nitrogens with zero attached hydrogens (tertiary/aromatic N) is 1. The molecule has 7 nitrogen and oxygen atoms in total. The fourth-order valence-electron chi connectivity index (χ4n) is 2.27. The Balaban J connectivity index is 2.04. The van der Waals surface area contributed by atoms with Gasteiger partial charge in [-0.3, -0.25) is 19.7 Å². The van der Waals surface area contributed by atoms with E-state index in [9.17, 15) is 19.7 Å². The summed E-state index contributed by atoms with van der Waals surface area (Å²) in [4.78, 5) is 34.2. The molecule has 0 radical (unpaired) electrons. The summed E-state index contributed by atoms with van der Waals surface area (Å²) in [6.07, 6.45) is 0. The number of rotatable bonds is 7. The maximum absolute atomic E-state index is 12.2. The summed E-state index contributed by atoms with van der Waals surface area (Å²) in [6.45, 7) is 1.85. The van der Waals surface area contributed by atoms with Crippen molar-refractivity contribution in [2.24, 2.45) is 5.73 Å². The SMILES string of the molecule is CC(NC(=O)CSc1ccc(C(N)=O)cc1[N+](=O)[O-])c1ccccc1Br. The van der Waals surface area contributed by atoms with Gasteiger partial charge in [-0.25, -0.2) is 0 Å². The second-order valence-corrected chi connectivity index (χ2v) is 7.27. The minimum absolute atomic E-state index is 0.00551. The number of nitrogens with one attached hydrogen (secondary N) is 1. The zero-order valence-corrected chi connectivity index (χ0v) is 16.2. The third kappa shape index (κ3) is 5.06. The van der Waals surface area contributed by atoms with Crippen LogP contribution in [0.5, 0.6) is 0 Å². The van der Waals surface area contributed by atoms with Crippen molar-refractivity contribution in [2.45, 2.75) is 17.9 Å². The average molecular weight is 438 g/mol. The van der Waals surface area contributed by atoms with Crippen molar-refractivity contribution in [3.63, 3.8) is 0 Å². The van der Waals surface area contributed by atoms with Crippen LogP contribution in [-0.4, -0.2) is 22.5 Å². The first-order valence-corrected chi connectivity index (χ1v) is 9.32. The first kappa shape index (κ1) is 19.9. The molecule has 26 heavy (non-hydrogen) atoms. The lowest BCUT2D eigenvalue weighted by atomic mass is 10.1. The number of halogens is 1.